The number of hydrogen-bond donors (Lipinski definition) is 1. The summed E-state index contributed by atoms with van der Waals surface area (Å²) in [4.78, 5) is -0.141. The second kappa shape index (κ2) is 6.90. The molecule has 2 rings (SSSR count). The van der Waals surface area contributed by atoms with Crippen molar-refractivity contribution < 1.29 is 26.3 Å². The molecule has 0 aliphatic rings. The summed E-state index contributed by atoms with van der Waals surface area (Å²) in [5.41, 5.74) is -0.0565. The zero-order valence-corrected chi connectivity index (χ0v) is 14.1. The first kappa shape index (κ1) is 17.8. The van der Waals surface area contributed by atoms with E-state index in [4.69, 9.17) is 4.74 Å². The molecule has 0 radical (unpaired) electrons. The molecule has 0 aromatic heterocycles. The molecule has 0 bridgehead atoms. The van der Waals surface area contributed by atoms with Crippen molar-refractivity contribution in [3.63, 3.8) is 0 Å². The van der Waals surface area contributed by atoms with Crippen LogP contribution in [0, 0.1) is 17.5 Å². The lowest BCUT2D eigenvalue weighted by molar-refractivity contribution is 0.402. The number of hydrogen-bond acceptors (Lipinski definition) is 3. The van der Waals surface area contributed by atoms with Gasteiger partial charge in [-0.1, -0.05) is 15.9 Å². The van der Waals surface area contributed by atoms with Gasteiger partial charge in [-0.3, -0.25) is 0 Å². The normalized spacial score (nSPS) is 11.5. The Bertz CT molecular complexity index is 820. The van der Waals surface area contributed by atoms with Gasteiger partial charge in [0.1, 0.15) is 10.6 Å². The fourth-order valence-corrected chi connectivity index (χ4v) is 3.55. The minimum atomic E-state index is -4.00. The molecule has 9 heteroatoms. The minimum Gasteiger partial charge on any atom is -0.495 e. The van der Waals surface area contributed by atoms with Gasteiger partial charge < -0.3 is 4.74 Å². The average Bonchev–Trinajstić information content (AvgIpc) is 2.50. The highest BCUT2D eigenvalue weighted by molar-refractivity contribution is 9.10. The third kappa shape index (κ3) is 4.04. The van der Waals surface area contributed by atoms with E-state index in [9.17, 15) is 21.6 Å². The number of rotatable bonds is 5. The summed E-state index contributed by atoms with van der Waals surface area (Å²) in [5, 5.41) is 0. The first-order valence-corrected chi connectivity index (χ1v) is 8.49. The third-order valence-corrected chi connectivity index (χ3v) is 4.84. The Morgan fingerprint density at radius 3 is 2.30 bits per heavy atom. The lowest BCUT2D eigenvalue weighted by atomic mass is 10.2. The lowest BCUT2D eigenvalue weighted by Crippen LogP contribution is -2.24. The number of ether oxygens (including phenoxy) is 1. The van der Waals surface area contributed by atoms with Crippen LogP contribution in [0.3, 0.4) is 0 Å². The highest BCUT2D eigenvalue weighted by Crippen LogP contribution is 2.27. The number of halogens is 4. The number of sulfonamides is 1. The predicted octanol–water partition coefficient (Wildman–Crippen LogP) is 3.35. The topological polar surface area (TPSA) is 55.4 Å². The van der Waals surface area contributed by atoms with Gasteiger partial charge in [-0.2, -0.15) is 0 Å². The summed E-state index contributed by atoms with van der Waals surface area (Å²) >= 11 is 3.15. The molecular formula is C14H11BrF3NO3S. The summed E-state index contributed by atoms with van der Waals surface area (Å²) in [5.74, 6) is -4.28. The molecule has 0 aliphatic heterocycles. The summed E-state index contributed by atoms with van der Waals surface area (Å²) in [7, 11) is -2.69. The molecule has 0 unspecified atom stereocenters. The summed E-state index contributed by atoms with van der Waals surface area (Å²) < 4.78 is 71.4. The van der Waals surface area contributed by atoms with Crippen LogP contribution in [0.1, 0.15) is 5.56 Å². The van der Waals surface area contributed by atoms with E-state index in [2.05, 4.69) is 20.7 Å². The Labute approximate surface area is 139 Å². The summed E-state index contributed by atoms with van der Waals surface area (Å²) in [6, 6.07) is 5.82. The molecule has 0 saturated carbocycles. The molecule has 23 heavy (non-hydrogen) atoms. The fourth-order valence-electron chi connectivity index (χ4n) is 1.83. The molecule has 0 saturated heterocycles. The Hall–Kier alpha value is -1.58. The molecule has 0 aliphatic carbocycles. The monoisotopic (exact) mass is 409 g/mol. The van der Waals surface area contributed by atoms with E-state index in [0.717, 1.165) is 12.1 Å². The molecule has 4 nitrogen and oxygen atoms in total. The number of benzene rings is 2. The van der Waals surface area contributed by atoms with Crippen molar-refractivity contribution in [1.82, 2.24) is 4.72 Å². The predicted molar refractivity (Wildman–Crippen MR) is 81.0 cm³/mol. The zero-order valence-electron chi connectivity index (χ0n) is 11.7. The van der Waals surface area contributed by atoms with Crippen molar-refractivity contribution >= 4 is 26.0 Å². The molecule has 1 N–H and O–H groups in total. The van der Waals surface area contributed by atoms with E-state index in [-0.39, 0.29) is 16.2 Å². The maximum Gasteiger partial charge on any atom is 0.244 e. The van der Waals surface area contributed by atoms with E-state index in [0.29, 0.717) is 4.47 Å². The zero-order chi connectivity index (χ0) is 17.2. The van der Waals surface area contributed by atoms with Crippen molar-refractivity contribution in [2.45, 2.75) is 11.4 Å². The second-order valence-electron chi connectivity index (χ2n) is 4.49. The van der Waals surface area contributed by atoms with Crippen LogP contribution >= 0.6 is 15.9 Å². The van der Waals surface area contributed by atoms with Crippen LogP contribution in [0.4, 0.5) is 13.2 Å². The van der Waals surface area contributed by atoms with E-state index < -0.39 is 34.0 Å². The van der Waals surface area contributed by atoms with Gasteiger partial charge in [0.25, 0.3) is 0 Å². The smallest absolute Gasteiger partial charge is 0.244 e. The van der Waals surface area contributed by atoms with Crippen molar-refractivity contribution in [1.29, 1.82) is 0 Å². The van der Waals surface area contributed by atoms with Gasteiger partial charge >= 0.3 is 0 Å². The van der Waals surface area contributed by atoms with Crippen LogP contribution in [0.5, 0.6) is 5.75 Å². The van der Waals surface area contributed by atoms with Crippen LogP contribution in [-0.4, -0.2) is 15.5 Å². The van der Waals surface area contributed by atoms with Crippen LogP contribution in [0.2, 0.25) is 0 Å². The SMILES string of the molecule is COc1ccc(Br)cc1S(=O)(=O)NCc1cc(F)c(F)c(F)c1. The Kier molecular flexibility index (Phi) is 5.33. The van der Waals surface area contributed by atoms with Crippen LogP contribution in [0.25, 0.3) is 0 Å². The lowest BCUT2D eigenvalue weighted by Gasteiger charge is -2.11. The van der Waals surface area contributed by atoms with Gasteiger partial charge in [-0.25, -0.2) is 26.3 Å². The molecule has 0 atom stereocenters. The molecule has 0 heterocycles. The largest absolute Gasteiger partial charge is 0.495 e. The average molecular weight is 410 g/mol. The highest BCUT2D eigenvalue weighted by atomic mass is 79.9. The Balaban J connectivity index is 2.28. The highest BCUT2D eigenvalue weighted by Gasteiger charge is 2.20. The van der Waals surface area contributed by atoms with Gasteiger partial charge in [0.05, 0.1) is 7.11 Å². The molecule has 2 aromatic carbocycles. The molecule has 124 valence electrons. The first-order valence-electron chi connectivity index (χ1n) is 6.21. The summed E-state index contributed by atoms with van der Waals surface area (Å²) in [6.45, 7) is -0.411. The van der Waals surface area contributed by atoms with Crippen molar-refractivity contribution in [3.05, 3.63) is 57.8 Å². The van der Waals surface area contributed by atoms with Crippen molar-refractivity contribution in [2.75, 3.05) is 7.11 Å². The van der Waals surface area contributed by atoms with E-state index in [1.807, 2.05) is 0 Å². The second-order valence-corrected chi connectivity index (χ2v) is 7.14. The standard InChI is InChI=1S/C14H11BrF3NO3S/c1-22-12-3-2-9(15)6-13(12)23(20,21)19-7-8-4-10(16)14(18)11(17)5-8/h2-6,19H,7H2,1H3. The van der Waals surface area contributed by atoms with E-state index in [1.165, 1.54) is 19.2 Å². The van der Waals surface area contributed by atoms with E-state index in [1.54, 1.807) is 6.07 Å². The number of methoxy groups -OCH3 is 1. The minimum absolute atomic E-state index is 0.0565. The number of nitrogens with one attached hydrogen (secondary N) is 1. The Morgan fingerprint density at radius 2 is 1.74 bits per heavy atom. The fraction of sp³-hybridized carbons (Fsp3) is 0.143. The third-order valence-electron chi connectivity index (χ3n) is 2.93. The molecule has 2 aromatic rings. The van der Waals surface area contributed by atoms with Crippen molar-refractivity contribution in [2.24, 2.45) is 0 Å². The molecule has 0 fully saturated rings. The van der Waals surface area contributed by atoms with Crippen LogP contribution in [0.15, 0.2) is 39.7 Å². The van der Waals surface area contributed by atoms with Gasteiger partial charge in [0, 0.05) is 11.0 Å². The van der Waals surface area contributed by atoms with Gasteiger partial charge in [-0.05, 0) is 35.9 Å². The first-order chi connectivity index (χ1) is 10.7. The van der Waals surface area contributed by atoms with E-state index >= 15 is 0 Å². The Morgan fingerprint density at radius 1 is 1.13 bits per heavy atom. The van der Waals surface area contributed by atoms with Gasteiger partial charge in [0.2, 0.25) is 10.0 Å². The molecule has 0 amide bonds. The summed E-state index contributed by atoms with van der Waals surface area (Å²) in [6.07, 6.45) is 0. The van der Waals surface area contributed by atoms with Crippen LogP contribution < -0.4 is 9.46 Å². The van der Waals surface area contributed by atoms with Crippen LogP contribution in [-0.2, 0) is 16.6 Å². The maximum atomic E-state index is 13.1. The van der Waals surface area contributed by atoms with Crippen molar-refractivity contribution in [3.8, 4) is 5.75 Å². The molecule has 0 spiro atoms. The quantitative estimate of drug-likeness (QED) is 0.770. The molecular weight excluding hydrogens is 399 g/mol. The van der Waals surface area contributed by atoms with Gasteiger partial charge in [-0.15, -0.1) is 0 Å². The van der Waals surface area contributed by atoms with Gasteiger partial charge in [0.15, 0.2) is 17.5 Å². The maximum absolute atomic E-state index is 13.1.